The number of nitrogens with zero attached hydrogens (tertiary/aromatic N) is 2. The van der Waals surface area contributed by atoms with Crippen LogP contribution >= 0.6 is 11.6 Å². The molecule has 2 aromatic carbocycles. The molecule has 0 atom stereocenters. The van der Waals surface area contributed by atoms with Crippen LogP contribution in [0, 0.1) is 27.7 Å². The monoisotopic (exact) mass is 354 g/mol. The first-order chi connectivity index (χ1) is 11.8. The van der Waals surface area contributed by atoms with Crippen molar-refractivity contribution < 1.29 is 4.79 Å². The van der Waals surface area contributed by atoms with Gasteiger partial charge in [0.05, 0.1) is 23.8 Å². The standard InChI is InChI=1S/C20H19ClN2O2/c1-11-7-12(2)19(14(4)13(11)3)18(24)9-23-10-22-17-6-5-15(21)8-16(17)20(23)25/h5-8,10H,9H2,1-4H3. The lowest BCUT2D eigenvalue weighted by Gasteiger charge is -2.15. The number of carbonyl (C=O) groups is 1. The predicted molar refractivity (Wildman–Crippen MR) is 101 cm³/mol. The number of halogens is 1. The predicted octanol–water partition coefficient (Wildman–Crippen LogP) is 4.17. The van der Waals surface area contributed by atoms with Crippen molar-refractivity contribution in [2.75, 3.05) is 0 Å². The smallest absolute Gasteiger partial charge is 0.261 e. The summed E-state index contributed by atoms with van der Waals surface area (Å²) >= 11 is 5.98. The highest BCUT2D eigenvalue weighted by Crippen LogP contribution is 2.22. The van der Waals surface area contributed by atoms with Crippen LogP contribution in [0.2, 0.25) is 5.02 Å². The van der Waals surface area contributed by atoms with Gasteiger partial charge in [0, 0.05) is 10.6 Å². The minimum atomic E-state index is -0.264. The maximum atomic E-state index is 12.9. The highest BCUT2D eigenvalue weighted by atomic mass is 35.5. The van der Waals surface area contributed by atoms with Gasteiger partial charge in [-0.15, -0.1) is 0 Å². The Hall–Kier alpha value is -2.46. The van der Waals surface area contributed by atoms with Gasteiger partial charge in [-0.3, -0.25) is 14.2 Å². The van der Waals surface area contributed by atoms with Crippen LogP contribution in [-0.2, 0) is 6.54 Å². The molecule has 0 saturated carbocycles. The van der Waals surface area contributed by atoms with Crippen LogP contribution in [0.15, 0.2) is 35.4 Å². The topological polar surface area (TPSA) is 52.0 Å². The van der Waals surface area contributed by atoms with E-state index in [1.807, 2.05) is 33.8 Å². The lowest BCUT2D eigenvalue weighted by molar-refractivity contribution is 0.0969. The van der Waals surface area contributed by atoms with Crippen molar-refractivity contribution >= 4 is 28.3 Å². The number of hydrogen-bond acceptors (Lipinski definition) is 3. The highest BCUT2D eigenvalue weighted by molar-refractivity contribution is 6.31. The minimum Gasteiger partial charge on any atom is -0.292 e. The summed E-state index contributed by atoms with van der Waals surface area (Å²) in [7, 11) is 0. The fourth-order valence-electron chi connectivity index (χ4n) is 3.19. The number of hydrogen-bond donors (Lipinski definition) is 0. The number of carbonyl (C=O) groups excluding carboxylic acids is 1. The maximum absolute atomic E-state index is 12.9. The molecule has 0 aliphatic carbocycles. The lowest BCUT2D eigenvalue weighted by atomic mass is 9.92. The van der Waals surface area contributed by atoms with Crippen molar-refractivity contribution in [1.29, 1.82) is 0 Å². The van der Waals surface area contributed by atoms with E-state index in [0.29, 0.717) is 21.5 Å². The first kappa shape index (κ1) is 17.4. The molecule has 0 bridgehead atoms. The summed E-state index contributed by atoms with van der Waals surface area (Å²) in [5.74, 6) is -0.0941. The molecule has 0 saturated heterocycles. The molecule has 128 valence electrons. The molecule has 1 aromatic heterocycles. The van der Waals surface area contributed by atoms with Crippen LogP contribution in [0.25, 0.3) is 10.9 Å². The molecule has 0 unspecified atom stereocenters. The Bertz CT molecular complexity index is 1070. The molecule has 0 amide bonds. The zero-order valence-corrected chi connectivity index (χ0v) is 15.4. The van der Waals surface area contributed by atoms with Gasteiger partial charge < -0.3 is 0 Å². The Morgan fingerprint density at radius 2 is 1.80 bits per heavy atom. The molecule has 4 nitrogen and oxygen atoms in total. The van der Waals surface area contributed by atoms with Gasteiger partial charge in [0.25, 0.3) is 5.56 Å². The van der Waals surface area contributed by atoms with Crippen LogP contribution in [0.3, 0.4) is 0 Å². The van der Waals surface area contributed by atoms with Crippen molar-refractivity contribution in [1.82, 2.24) is 9.55 Å². The number of fused-ring (bicyclic) bond motifs is 1. The molecule has 0 aliphatic rings. The minimum absolute atomic E-state index is 0.0432. The van der Waals surface area contributed by atoms with E-state index in [1.165, 1.54) is 10.9 Å². The number of benzene rings is 2. The second-order valence-corrected chi connectivity index (χ2v) is 6.83. The second kappa shape index (κ2) is 6.45. The van der Waals surface area contributed by atoms with Gasteiger partial charge in [0.2, 0.25) is 0 Å². The van der Waals surface area contributed by atoms with Crippen molar-refractivity contribution in [2.24, 2.45) is 0 Å². The molecule has 0 fully saturated rings. The molecule has 25 heavy (non-hydrogen) atoms. The lowest BCUT2D eigenvalue weighted by Crippen LogP contribution is -2.25. The van der Waals surface area contributed by atoms with Gasteiger partial charge in [0.1, 0.15) is 0 Å². The summed E-state index contributed by atoms with van der Waals surface area (Å²) in [5, 5.41) is 0.882. The van der Waals surface area contributed by atoms with Gasteiger partial charge in [0.15, 0.2) is 5.78 Å². The van der Waals surface area contributed by atoms with Crippen molar-refractivity contribution in [3.05, 3.63) is 73.8 Å². The average molecular weight is 355 g/mol. The third kappa shape index (κ3) is 3.10. The summed E-state index contributed by atoms with van der Waals surface area (Å²) in [5.41, 5.74) is 5.14. The van der Waals surface area contributed by atoms with E-state index >= 15 is 0 Å². The van der Waals surface area contributed by atoms with Crippen LogP contribution < -0.4 is 5.56 Å². The van der Waals surface area contributed by atoms with Gasteiger partial charge in [-0.25, -0.2) is 4.98 Å². The number of Topliss-reactive ketones (excluding diaryl/α,β-unsaturated/α-hetero) is 1. The molecule has 1 heterocycles. The molecular formula is C20H19ClN2O2. The molecule has 0 N–H and O–H groups in total. The first-order valence-electron chi connectivity index (χ1n) is 8.05. The Kier molecular flexibility index (Phi) is 4.48. The molecule has 3 aromatic rings. The summed E-state index contributed by atoms with van der Waals surface area (Å²) < 4.78 is 1.34. The Morgan fingerprint density at radius 3 is 2.52 bits per heavy atom. The Balaban J connectivity index is 2.05. The van der Waals surface area contributed by atoms with E-state index in [9.17, 15) is 9.59 Å². The third-order valence-electron chi connectivity index (χ3n) is 4.74. The fraction of sp³-hybridized carbons (Fsp3) is 0.250. The Morgan fingerprint density at radius 1 is 1.08 bits per heavy atom. The zero-order chi connectivity index (χ0) is 18.3. The van der Waals surface area contributed by atoms with Crippen LogP contribution in [0.4, 0.5) is 0 Å². The van der Waals surface area contributed by atoms with E-state index in [-0.39, 0.29) is 17.9 Å². The van der Waals surface area contributed by atoms with Crippen molar-refractivity contribution in [3.63, 3.8) is 0 Å². The molecule has 0 aliphatic heterocycles. The number of ketones is 1. The molecule has 0 radical (unpaired) electrons. The van der Waals surface area contributed by atoms with E-state index in [4.69, 9.17) is 11.6 Å². The highest BCUT2D eigenvalue weighted by Gasteiger charge is 2.17. The van der Waals surface area contributed by atoms with Gasteiger partial charge >= 0.3 is 0 Å². The number of rotatable bonds is 3. The average Bonchev–Trinajstić information content (AvgIpc) is 2.56. The van der Waals surface area contributed by atoms with E-state index in [0.717, 1.165) is 22.3 Å². The normalized spacial score (nSPS) is 11.1. The second-order valence-electron chi connectivity index (χ2n) is 6.40. The number of aryl methyl sites for hydroxylation is 2. The summed E-state index contributed by atoms with van der Waals surface area (Å²) in [6, 6.07) is 6.98. The number of aromatic nitrogens is 2. The maximum Gasteiger partial charge on any atom is 0.261 e. The quantitative estimate of drug-likeness (QED) is 0.663. The Labute approximate surface area is 151 Å². The van der Waals surface area contributed by atoms with Gasteiger partial charge in [-0.2, -0.15) is 0 Å². The molecular weight excluding hydrogens is 336 g/mol. The SMILES string of the molecule is Cc1cc(C)c(C(=O)Cn2cnc3ccc(Cl)cc3c2=O)c(C)c1C. The van der Waals surface area contributed by atoms with Crippen LogP contribution in [0.1, 0.15) is 32.6 Å². The molecule has 3 rings (SSSR count). The van der Waals surface area contributed by atoms with E-state index < -0.39 is 0 Å². The van der Waals surface area contributed by atoms with Crippen LogP contribution in [0.5, 0.6) is 0 Å². The molecule has 5 heteroatoms. The van der Waals surface area contributed by atoms with E-state index in [2.05, 4.69) is 4.98 Å². The zero-order valence-electron chi connectivity index (χ0n) is 14.7. The van der Waals surface area contributed by atoms with Gasteiger partial charge in [-0.1, -0.05) is 17.7 Å². The summed E-state index contributed by atoms with van der Waals surface area (Å²) in [6.45, 7) is 7.87. The fourth-order valence-corrected chi connectivity index (χ4v) is 3.36. The first-order valence-corrected chi connectivity index (χ1v) is 8.42. The molecule has 0 spiro atoms. The van der Waals surface area contributed by atoms with Crippen molar-refractivity contribution in [3.8, 4) is 0 Å². The largest absolute Gasteiger partial charge is 0.292 e. The van der Waals surface area contributed by atoms with Gasteiger partial charge in [-0.05, 0) is 68.1 Å². The van der Waals surface area contributed by atoms with Crippen LogP contribution in [-0.4, -0.2) is 15.3 Å². The summed E-state index contributed by atoms with van der Waals surface area (Å²) in [6.07, 6.45) is 1.42. The third-order valence-corrected chi connectivity index (χ3v) is 4.97. The van der Waals surface area contributed by atoms with E-state index in [1.54, 1.807) is 18.2 Å². The van der Waals surface area contributed by atoms with Crippen molar-refractivity contribution in [2.45, 2.75) is 34.2 Å². The summed E-state index contributed by atoms with van der Waals surface area (Å²) in [4.78, 5) is 29.8.